The van der Waals surface area contributed by atoms with E-state index in [1.54, 1.807) is 12.1 Å². The van der Waals surface area contributed by atoms with Crippen LogP contribution in [0.3, 0.4) is 0 Å². The first-order valence-electron chi connectivity index (χ1n) is 8.37. The second-order valence-corrected chi connectivity index (χ2v) is 7.15. The van der Waals surface area contributed by atoms with Crippen molar-refractivity contribution in [2.24, 2.45) is 29.6 Å². The van der Waals surface area contributed by atoms with E-state index in [0.29, 0.717) is 23.9 Å². The molecule has 1 N–H and O–H groups in total. The topological polar surface area (TPSA) is 12.0 Å². The first-order chi connectivity index (χ1) is 10.2. The quantitative estimate of drug-likeness (QED) is 0.870. The molecule has 0 radical (unpaired) electrons. The van der Waals surface area contributed by atoms with Gasteiger partial charge in [-0.2, -0.15) is 0 Å². The third kappa shape index (κ3) is 2.12. The summed E-state index contributed by atoms with van der Waals surface area (Å²) < 4.78 is 27.3. The molecule has 0 spiro atoms. The Morgan fingerprint density at radius 1 is 1.19 bits per heavy atom. The van der Waals surface area contributed by atoms with Crippen LogP contribution in [0.25, 0.3) is 0 Å². The number of hydrogen-bond acceptors (Lipinski definition) is 1. The Morgan fingerprint density at radius 3 is 2.57 bits per heavy atom. The number of benzene rings is 1. The Bertz CT molecular complexity index is 528. The molecule has 0 aromatic heterocycles. The molecule has 5 atom stereocenters. The molecule has 4 rings (SSSR count). The number of halogens is 2. The van der Waals surface area contributed by atoms with Crippen molar-refractivity contribution in [1.82, 2.24) is 5.32 Å². The molecule has 1 aromatic rings. The molecule has 3 aliphatic carbocycles. The van der Waals surface area contributed by atoms with Gasteiger partial charge in [0.2, 0.25) is 0 Å². The summed E-state index contributed by atoms with van der Waals surface area (Å²) >= 11 is 0. The number of fused-ring (bicyclic) bond motifs is 5. The van der Waals surface area contributed by atoms with Crippen LogP contribution in [0.2, 0.25) is 0 Å². The highest BCUT2D eigenvalue weighted by atomic mass is 19.2. The van der Waals surface area contributed by atoms with Crippen molar-refractivity contribution in [3.63, 3.8) is 0 Å². The summed E-state index contributed by atoms with van der Waals surface area (Å²) in [6, 6.07) is 4.86. The highest BCUT2D eigenvalue weighted by Crippen LogP contribution is 2.70. The Labute approximate surface area is 125 Å². The lowest BCUT2D eigenvalue weighted by molar-refractivity contribution is 0.361. The van der Waals surface area contributed by atoms with Crippen molar-refractivity contribution >= 4 is 0 Å². The zero-order chi connectivity index (χ0) is 14.6. The van der Waals surface area contributed by atoms with Gasteiger partial charge in [-0.1, -0.05) is 19.1 Å². The van der Waals surface area contributed by atoms with Crippen LogP contribution in [-0.4, -0.2) is 12.6 Å². The predicted octanol–water partition coefficient (Wildman–Crippen LogP) is 3.78. The minimum absolute atomic E-state index is 0.310. The molecule has 5 unspecified atom stereocenters. The van der Waals surface area contributed by atoms with Crippen LogP contribution < -0.4 is 5.32 Å². The standard InChI is InChI=1S/C18H23F2N/c1-2-21-14(9-12-4-3-5-13(19)18(12)20)17-15-10-6-7-11(8-10)16(15)17/h3-5,10-11,14-17,21H,2,6-9H2,1H3. The summed E-state index contributed by atoms with van der Waals surface area (Å²) in [5.74, 6) is 2.88. The Kier molecular flexibility index (Phi) is 3.29. The average Bonchev–Trinajstić information content (AvgIpc) is 2.90. The van der Waals surface area contributed by atoms with Gasteiger partial charge >= 0.3 is 0 Å². The summed E-state index contributed by atoms with van der Waals surface area (Å²) in [6.45, 7) is 2.99. The average molecular weight is 291 g/mol. The Hall–Kier alpha value is -0.960. The van der Waals surface area contributed by atoms with Crippen LogP contribution in [0.1, 0.15) is 31.7 Å². The van der Waals surface area contributed by atoms with E-state index in [2.05, 4.69) is 12.2 Å². The van der Waals surface area contributed by atoms with E-state index in [0.717, 1.165) is 30.2 Å². The third-order valence-electron chi connectivity index (χ3n) is 6.20. The zero-order valence-electron chi connectivity index (χ0n) is 12.5. The number of nitrogens with one attached hydrogen (secondary N) is 1. The largest absolute Gasteiger partial charge is 0.314 e. The van der Waals surface area contributed by atoms with Crippen molar-refractivity contribution in [2.45, 2.75) is 38.6 Å². The molecular weight excluding hydrogens is 268 g/mol. The molecule has 114 valence electrons. The minimum Gasteiger partial charge on any atom is -0.314 e. The van der Waals surface area contributed by atoms with E-state index >= 15 is 0 Å². The van der Waals surface area contributed by atoms with Gasteiger partial charge in [0, 0.05) is 6.04 Å². The molecule has 1 nitrogen and oxygen atoms in total. The summed E-state index contributed by atoms with van der Waals surface area (Å²) in [4.78, 5) is 0. The SMILES string of the molecule is CCNC(Cc1cccc(F)c1F)C1C2C3CCC(C3)C21. The normalized spacial score (nSPS) is 37.6. The van der Waals surface area contributed by atoms with Crippen molar-refractivity contribution in [3.8, 4) is 0 Å². The maximum atomic E-state index is 13.9. The van der Waals surface area contributed by atoms with Gasteiger partial charge in [0.1, 0.15) is 0 Å². The maximum absolute atomic E-state index is 13.9. The predicted molar refractivity (Wildman–Crippen MR) is 78.8 cm³/mol. The van der Waals surface area contributed by atoms with Gasteiger partial charge in [-0.25, -0.2) is 8.78 Å². The van der Waals surface area contributed by atoms with Gasteiger partial charge in [0.25, 0.3) is 0 Å². The van der Waals surface area contributed by atoms with Gasteiger partial charge in [-0.15, -0.1) is 0 Å². The molecule has 3 fully saturated rings. The molecule has 2 bridgehead atoms. The molecule has 3 aliphatic rings. The molecule has 0 aliphatic heterocycles. The van der Waals surface area contributed by atoms with E-state index < -0.39 is 11.6 Å². The molecule has 0 saturated heterocycles. The summed E-state index contributed by atoms with van der Waals surface area (Å²) in [5.41, 5.74) is 0.526. The van der Waals surface area contributed by atoms with Crippen molar-refractivity contribution in [3.05, 3.63) is 35.4 Å². The second kappa shape index (κ2) is 5.05. The van der Waals surface area contributed by atoms with Gasteiger partial charge in [0.05, 0.1) is 0 Å². The third-order valence-corrected chi connectivity index (χ3v) is 6.20. The molecular formula is C18H23F2N. The second-order valence-electron chi connectivity index (χ2n) is 7.15. The van der Waals surface area contributed by atoms with Gasteiger partial charge in [-0.3, -0.25) is 0 Å². The Morgan fingerprint density at radius 2 is 1.90 bits per heavy atom. The van der Waals surface area contributed by atoms with E-state index in [-0.39, 0.29) is 0 Å². The molecule has 1 aromatic carbocycles. The molecule has 3 saturated carbocycles. The van der Waals surface area contributed by atoms with E-state index in [1.165, 1.54) is 25.3 Å². The van der Waals surface area contributed by atoms with Crippen molar-refractivity contribution in [2.75, 3.05) is 6.54 Å². The summed E-state index contributed by atoms with van der Waals surface area (Å²) in [5, 5.41) is 3.55. The number of likely N-dealkylation sites (N-methyl/N-ethyl adjacent to an activating group) is 1. The molecule has 0 amide bonds. The van der Waals surface area contributed by atoms with E-state index in [4.69, 9.17) is 0 Å². The smallest absolute Gasteiger partial charge is 0.162 e. The van der Waals surface area contributed by atoms with Crippen LogP contribution in [-0.2, 0) is 6.42 Å². The first kappa shape index (κ1) is 13.7. The van der Waals surface area contributed by atoms with Gasteiger partial charge in [-0.05, 0) is 73.4 Å². The van der Waals surface area contributed by atoms with Gasteiger partial charge < -0.3 is 5.32 Å². The lowest BCUT2D eigenvalue weighted by Gasteiger charge is -2.22. The first-order valence-corrected chi connectivity index (χ1v) is 8.37. The van der Waals surface area contributed by atoms with Crippen LogP contribution >= 0.6 is 0 Å². The zero-order valence-corrected chi connectivity index (χ0v) is 12.5. The number of hydrogen-bond donors (Lipinski definition) is 1. The van der Waals surface area contributed by atoms with Crippen molar-refractivity contribution in [1.29, 1.82) is 0 Å². The van der Waals surface area contributed by atoms with E-state index in [1.807, 2.05) is 0 Å². The highest BCUT2D eigenvalue weighted by Gasteiger charge is 2.66. The fourth-order valence-corrected chi connectivity index (χ4v) is 5.48. The minimum atomic E-state index is -0.723. The van der Waals surface area contributed by atoms with Crippen molar-refractivity contribution < 1.29 is 8.78 Å². The Balaban J connectivity index is 1.52. The lowest BCUT2D eigenvalue weighted by Crippen LogP contribution is -2.35. The fraction of sp³-hybridized carbons (Fsp3) is 0.667. The van der Waals surface area contributed by atoms with Crippen LogP contribution in [0.5, 0.6) is 0 Å². The van der Waals surface area contributed by atoms with E-state index in [9.17, 15) is 8.78 Å². The van der Waals surface area contributed by atoms with Crippen LogP contribution in [0.15, 0.2) is 18.2 Å². The number of rotatable bonds is 5. The molecule has 3 heteroatoms. The molecule has 0 heterocycles. The summed E-state index contributed by atoms with van der Waals surface area (Å²) in [7, 11) is 0. The monoisotopic (exact) mass is 291 g/mol. The summed E-state index contributed by atoms with van der Waals surface area (Å²) in [6.07, 6.45) is 4.85. The highest BCUT2D eigenvalue weighted by molar-refractivity contribution is 5.23. The van der Waals surface area contributed by atoms with Gasteiger partial charge in [0.15, 0.2) is 11.6 Å². The fourth-order valence-electron chi connectivity index (χ4n) is 5.48. The maximum Gasteiger partial charge on any atom is 0.162 e. The molecule has 21 heavy (non-hydrogen) atoms. The lowest BCUT2D eigenvalue weighted by atomic mass is 9.93. The van der Waals surface area contributed by atoms with Crippen LogP contribution in [0, 0.1) is 41.2 Å². The van der Waals surface area contributed by atoms with Crippen LogP contribution in [0.4, 0.5) is 8.78 Å².